The molecule has 0 aliphatic carbocycles. The minimum absolute atomic E-state index is 0.153. The van der Waals surface area contributed by atoms with Crippen LogP contribution in [0, 0.1) is 0 Å². The van der Waals surface area contributed by atoms with E-state index in [9.17, 15) is 27.6 Å². The van der Waals surface area contributed by atoms with Crippen LogP contribution in [-0.4, -0.2) is 35.3 Å². The monoisotopic (exact) mass is 425 g/mol. The molecule has 1 aliphatic rings. The van der Waals surface area contributed by atoms with Crippen LogP contribution in [0.15, 0.2) is 48.5 Å². The molecule has 152 valence electrons. The predicted molar refractivity (Wildman–Crippen MR) is 99.3 cm³/mol. The number of nitrogens with zero attached hydrogens (tertiary/aromatic N) is 1. The van der Waals surface area contributed by atoms with Gasteiger partial charge in [-0.25, -0.2) is 4.79 Å². The third-order valence-electron chi connectivity index (χ3n) is 4.25. The highest BCUT2D eigenvalue weighted by molar-refractivity contribution is 6.31. The van der Waals surface area contributed by atoms with Gasteiger partial charge in [-0.15, -0.1) is 0 Å². The summed E-state index contributed by atoms with van der Waals surface area (Å²) in [5.41, 5.74) is -0.423. The Kier molecular flexibility index (Phi) is 5.78. The number of benzene rings is 2. The second-order valence-corrected chi connectivity index (χ2v) is 6.76. The molecule has 4 amide bonds. The largest absolute Gasteiger partial charge is 0.417 e. The summed E-state index contributed by atoms with van der Waals surface area (Å²) in [7, 11) is 0. The molecule has 6 nitrogen and oxygen atoms in total. The maximum atomic E-state index is 12.9. The second-order valence-electron chi connectivity index (χ2n) is 6.36. The molecule has 0 radical (unpaired) electrons. The number of alkyl halides is 3. The lowest BCUT2D eigenvalue weighted by Gasteiger charge is -2.14. The quantitative estimate of drug-likeness (QED) is 0.720. The van der Waals surface area contributed by atoms with Gasteiger partial charge < -0.3 is 10.6 Å². The zero-order chi connectivity index (χ0) is 21.2. The first kappa shape index (κ1) is 20.7. The summed E-state index contributed by atoms with van der Waals surface area (Å²) in [6.45, 7) is -0.625. The minimum atomic E-state index is -4.69. The van der Waals surface area contributed by atoms with Gasteiger partial charge in [0.2, 0.25) is 5.91 Å². The first-order chi connectivity index (χ1) is 13.6. The summed E-state index contributed by atoms with van der Waals surface area (Å²) in [6.07, 6.45) is -4.43. The molecule has 1 atom stereocenters. The smallest absolute Gasteiger partial charge is 0.325 e. The van der Waals surface area contributed by atoms with E-state index in [4.69, 9.17) is 11.6 Å². The standard InChI is InChI=1S/C19H15ClF3N3O3/c20-14-7-6-12(9-13(14)19(21,22)23)24-16(27)10-26-17(28)15(25-18(26)29)8-11-4-2-1-3-5-11/h1-7,9,15H,8,10H2,(H,24,27)(H,25,29). The van der Waals surface area contributed by atoms with Gasteiger partial charge in [0.25, 0.3) is 5.91 Å². The van der Waals surface area contributed by atoms with Gasteiger partial charge in [-0.1, -0.05) is 41.9 Å². The molecule has 3 rings (SSSR count). The van der Waals surface area contributed by atoms with Crippen molar-refractivity contribution in [1.82, 2.24) is 10.2 Å². The van der Waals surface area contributed by atoms with Crippen LogP contribution in [0.4, 0.5) is 23.7 Å². The lowest BCUT2D eigenvalue weighted by atomic mass is 10.1. The number of hydrogen-bond acceptors (Lipinski definition) is 3. The Bertz CT molecular complexity index is 951. The Morgan fingerprint density at radius 3 is 2.48 bits per heavy atom. The zero-order valence-corrected chi connectivity index (χ0v) is 15.6. The summed E-state index contributed by atoms with van der Waals surface area (Å²) in [4.78, 5) is 37.4. The van der Waals surface area contributed by atoms with Crippen molar-refractivity contribution in [3.8, 4) is 0 Å². The molecule has 2 aromatic rings. The third-order valence-corrected chi connectivity index (χ3v) is 4.58. The highest BCUT2D eigenvalue weighted by Crippen LogP contribution is 2.36. The highest BCUT2D eigenvalue weighted by Gasteiger charge is 2.39. The summed E-state index contributed by atoms with van der Waals surface area (Å²) in [6, 6.07) is 10.3. The van der Waals surface area contributed by atoms with Crippen molar-refractivity contribution in [2.75, 3.05) is 11.9 Å². The van der Waals surface area contributed by atoms with Crippen molar-refractivity contribution in [2.45, 2.75) is 18.6 Å². The van der Waals surface area contributed by atoms with Crippen LogP contribution >= 0.6 is 11.6 Å². The number of carbonyl (C=O) groups is 3. The number of hydrogen-bond donors (Lipinski definition) is 2. The maximum Gasteiger partial charge on any atom is 0.417 e. The fourth-order valence-electron chi connectivity index (χ4n) is 2.88. The van der Waals surface area contributed by atoms with Crippen LogP contribution in [0.25, 0.3) is 0 Å². The number of amides is 4. The summed E-state index contributed by atoms with van der Waals surface area (Å²) in [5, 5.41) is 4.24. The Morgan fingerprint density at radius 1 is 1.14 bits per heavy atom. The molecule has 1 aliphatic heterocycles. The van der Waals surface area contributed by atoms with Gasteiger partial charge in [0.05, 0.1) is 10.6 Å². The fraction of sp³-hybridized carbons (Fsp3) is 0.211. The molecule has 29 heavy (non-hydrogen) atoms. The van der Waals surface area contributed by atoms with E-state index in [2.05, 4.69) is 10.6 Å². The number of rotatable bonds is 5. The van der Waals surface area contributed by atoms with Gasteiger partial charge in [0.1, 0.15) is 12.6 Å². The van der Waals surface area contributed by atoms with E-state index in [1.165, 1.54) is 6.07 Å². The van der Waals surface area contributed by atoms with E-state index in [0.29, 0.717) is 6.07 Å². The van der Waals surface area contributed by atoms with Gasteiger partial charge in [0.15, 0.2) is 0 Å². The molecule has 0 bridgehead atoms. The summed E-state index contributed by atoms with van der Waals surface area (Å²) < 4.78 is 38.7. The van der Waals surface area contributed by atoms with Crippen LogP contribution in [0.1, 0.15) is 11.1 Å². The molecule has 2 aromatic carbocycles. The van der Waals surface area contributed by atoms with E-state index in [1.54, 1.807) is 24.3 Å². The molecule has 2 N–H and O–H groups in total. The minimum Gasteiger partial charge on any atom is -0.325 e. The zero-order valence-electron chi connectivity index (χ0n) is 14.8. The molecule has 1 saturated heterocycles. The van der Waals surface area contributed by atoms with Crippen molar-refractivity contribution in [2.24, 2.45) is 0 Å². The van der Waals surface area contributed by atoms with Crippen molar-refractivity contribution >= 4 is 35.1 Å². The maximum absolute atomic E-state index is 12.9. The van der Waals surface area contributed by atoms with E-state index < -0.39 is 47.2 Å². The molecule has 10 heteroatoms. The van der Waals surface area contributed by atoms with Crippen molar-refractivity contribution in [3.05, 3.63) is 64.7 Å². The van der Waals surface area contributed by atoms with Gasteiger partial charge in [-0.3, -0.25) is 14.5 Å². The fourth-order valence-corrected chi connectivity index (χ4v) is 3.10. The average Bonchev–Trinajstić information content (AvgIpc) is 2.90. The van der Waals surface area contributed by atoms with Gasteiger partial charge >= 0.3 is 12.2 Å². The van der Waals surface area contributed by atoms with Gasteiger partial charge in [-0.05, 0) is 23.8 Å². The number of halogens is 4. The van der Waals surface area contributed by atoms with E-state index in [-0.39, 0.29) is 12.1 Å². The van der Waals surface area contributed by atoms with Crippen molar-refractivity contribution in [1.29, 1.82) is 0 Å². The molecular weight excluding hydrogens is 411 g/mol. The number of carbonyl (C=O) groups excluding carboxylic acids is 3. The van der Waals surface area contributed by atoms with E-state index >= 15 is 0 Å². The lowest BCUT2D eigenvalue weighted by molar-refractivity contribution is -0.137. The normalized spacial score (nSPS) is 16.7. The predicted octanol–water partition coefficient (Wildman–Crippen LogP) is 3.46. The van der Waals surface area contributed by atoms with E-state index in [1.807, 2.05) is 6.07 Å². The van der Waals surface area contributed by atoms with Crippen LogP contribution in [0.2, 0.25) is 5.02 Å². The summed E-state index contributed by atoms with van der Waals surface area (Å²) >= 11 is 5.54. The second kappa shape index (κ2) is 8.12. The average molecular weight is 426 g/mol. The topological polar surface area (TPSA) is 78.5 Å². The number of imide groups is 1. The molecule has 0 aromatic heterocycles. The van der Waals surface area contributed by atoms with E-state index in [0.717, 1.165) is 16.5 Å². The van der Waals surface area contributed by atoms with Crippen molar-refractivity contribution < 1.29 is 27.6 Å². The number of nitrogens with one attached hydrogen (secondary N) is 2. The molecule has 0 saturated carbocycles. The van der Waals surface area contributed by atoms with Gasteiger partial charge in [0, 0.05) is 12.1 Å². The third kappa shape index (κ3) is 4.86. The summed E-state index contributed by atoms with van der Waals surface area (Å²) in [5.74, 6) is -1.40. The Morgan fingerprint density at radius 2 is 1.83 bits per heavy atom. The first-order valence-electron chi connectivity index (χ1n) is 8.47. The molecule has 1 unspecified atom stereocenters. The van der Waals surface area contributed by atoms with Crippen LogP contribution < -0.4 is 10.6 Å². The van der Waals surface area contributed by atoms with Gasteiger partial charge in [-0.2, -0.15) is 13.2 Å². The molecule has 0 spiro atoms. The first-order valence-corrected chi connectivity index (χ1v) is 8.85. The molecule has 1 heterocycles. The highest BCUT2D eigenvalue weighted by atomic mass is 35.5. The Labute approximate surface area is 168 Å². The lowest BCUT2D eigenvalue weighted by Crippen LogP contribution is -2.38. The number of urea groups is 1. The molecule has 1 fully saturated rings. The SMILES string of the molecule is O=C(CN1C(=O)NC(Cc2ccccc2)C1=O)Nc1ccc(Cl)c(C(F)(F)F)c1. The van der Waals surface area contributed by atoms with Crippen LogP contribution in [-0.2, 0) is 22.2 Å². The molecular formula is C19H15ClF3N3O3. The Balaban J connectivity index is 1.65. The Hall–Kier alpha value is -3.07. The van der Waals surface area contributed by atoms with Crippen LogP contribution in [0.3, 0.4) is 0 Å². The number of anilines is 1. The van der Waals surface area contributed by atoms with Crippen molar-refractivity contribution in [3.63, 3.8) is 0 Å². The van der Waals surface area contributed by atoms with Crippen LogP contribution in [0.5, 0.6) is 0 Å².